The molecular formula is C25H25F2N3O. The molecule has 3 aromatic rings. The van der Waals surface area contributed by atoms with Gasteiger partial charge in [-0.1, -0.05) is 30.3 Å². The van der Waals surface area contributed by atoms with Crippen molar-refractivity contribution in [2.75, 3.05) is 13.1 Å². The van der Waals surface area contributed by atoms with Gasteiger partial charge in [0.2, 0.25) is 0 Å². The third-order valence-corrected chi connectivity index (χ3v) is 5.84. The highest BCUT2D eigenvalue weighted by molar-refractivity contribution is 5.94. The Kier molecular flexibility index (Phi) is 6.67. The average Bonchev–Trinajstić information content (AvgIpc) is 2.80. The molecule has 0 radical (unpaired) electrons. The Balaban J connectivity index is 1.45. The van der Waals surface area contributed by atoms with Crippen LogP contribution in [-0.4, -0.2) is 28.9 Å². The molecule has 4 rings (SSSR count). The highest BCUT2D eigenvalue weighted by Gasteiger charge is 2.30. The third-order valence-electron chi connectivity index (χ3n) is 5.84. The molecule has 0 bridgehead atoms. The van der Waals surface area contributed by atoms with Gasteiger partial charge in [0.05, 0.1) is 11.7 Å². The summed E-state index contributed by atoms with van der Waals surface area (Å²) in [6, 6.07) is 17.9. The number of piperidine rings is 1. The molecule has 2 aromatic carbocycles. The molecule has 31 heavy (non-hydrogen) atoms. The lowest BCUT2D eigenvalue weighted by molar-refractivity contribution is 0.0887. The number of nitrogens with zero attached hydrogens (tertiary/aromatic N) is 2. The second kappa shape index (κ2) is 9.79. The molecule has 0 unspecified atom stereocenters. The van der Waals surface area contributed by atoms with Gasteiger partial charge in [0.25, 0.3) is 5.91 Å². The normalized spacial score (nSPS) is 16.1. The predicted octanol–water partition coefficient (Wildman–Crippen LogP) is 4.74. The van der Waals surface area contributed by atoms with E-state index in [1.165, 1.54) is 24.3 Å². The Morgan fingerprint density at radius 3 is 2.52 bits per heavy atom. The maximum atomic E-state index is 14.0. The lowest BCUT2D eigenvalue weighted by Crippen LogP contribution is -2.41. The van der Waals surface area contributed by atoms with Crippen LogP contribution >= 0.6 is 0 Å². The summed E-state index contributed by atoms with van der Waals surface area (Å²) >= 11 is 0. The highest BCUT2D eigenvalue weighted by atomic mass is 19.1. The molecule has 160 valence electrons. The lowest BCUT2D eigenvalue weighted by atomic mass is 9.87. The minimum Gasteiger partial charge on any atom is -0.343 e. The molecule has 2 heterocycles. The van der Waals surface area contributed by atoms with Crippen LogP contribution < -0.4 is 5.32 Å². The summed E-state index contributed by atoms with van der Waals surface area (Å²) in [5.41, 5.74) is 1.78. The summed E-state index contributed by atoms with van der Waals surface area (Å²) < 4.78 is 27.6. The van der Waals surface area contributed by atoms with E-state index in [0.717, 1.165) is 31.6 Å². The summed E-state index contributed by atoms with van der Waals surface area (Å²) in [6.45, 7) is 2.18. The molecule has 0 saturated carbocycles. The molecular weight excluding hydrogens is 396 g/mol. The number of carbonyl (C=O) groups excluding carboxylic acids is 1. The van der Waals surface area contributed by atoms with E-state index in [-0.39, 0.29) is 29.2 Å². The van der Waals surface area contributed by atoms with E-state index in [1.54, 1.807) is 18.3 Å². The number of aromatic nitrogens is 1. The van der Waals surface area contributed by atoms with Crippen LogP contribution in [0.2, 0.25) is 0 Å². The Bertz CT molecular complexity index is 1020. The largest absolute Gasteiger partial charge is 0.343 e. The predicted molar refractivity (Wildman–Crippen MR) is 115 cm³/mol. The fourth-order valence-electron chi connectivity index (χ4n) is 4.16. The highest BCUT2D eigenvalue weighted by Crippen LogP contribution is 2.31. The van der Waals surface area contributed by atoms with E-state index in [0.29, 0.717) is 12.1 Å². The minimum absolute atomic E-state index is 0.182. The molecule has 1 aliphatic rings. The SMILES string of the molecule is O=C(N[C@@H](c1ccccn1)C1CCN(Cc2ccccc2F)CC1)c1cccc(F)c1. The van der Waals surface area contributed by atoms with E-state index < -0.39 is 5.82 Å². The Morgan fingerprint density at radius 1 is 1.03 bits per heavy atom. The van der Waals surface area contributed by atoms with Gasteiger partial charge >= 0.3 is 0 Å². The first-order valence-electron chi connectivity index (χ1n) is 10.5. The van der Waals surface area contributed by atoms with Gasteiger partial charge in [-0.25, -0.2) is 8.78 Å². The van der Waals surface area contributed by atoms with Crippen molar-refractivity contribution in [3.8, 4) is 0 Å². The van der Waals surface area contributed by atoms with Crippen molar-refractivity contribution in [2.45, 2.75) is 25.4 Å². The molecule has 1 aliphatic heterocycles. The fraction of sp³-hybridized carbons (Fsp3) is 0.280. The number of benzene rings is 2. The van der Waals surface area contributed by atoms with Crippen LogP contribution in [0.25, 0.3) is 0 Å². The molecule has 1 amide bonds. The monoisotopic (exact) mass is 421 g/mol. The Hall–Kier alpha value is -3.12. The average molecular weight is 421 g/mol. The zero-order chi connectivity index (χ0) is 21.6. The van der Waals surface area contributed by atoms with Gasteiger partial charge < -0.3 is 5.32 Å². The van der Waals surface area contributed by atoms with Crippen molar-refractivity contribution in [2.24, 2.45) is 5.92 Å². The molecule has 4 nitrogen and oxygen atoms in total. The molecule has 1 aromatic heterocycles. The van der Waals surface area contributed by atoms with Crippen LogP contribution in [-0.2, 0) is 6.54 Å². The van der Waals surface area contributed by atoms with Crippen molar-refractivity contribution >= 4 is 5.91 Å². The van der Waals surface area contributed by atoms with E-state index in [4.69, 9.17) is 0 Å². The number of amides is 1. The van der Waals surface area contributed by atoms with Gasteiger partial charge in [-0.05, 0) is 68.2 Å². The lowest BCUT2D eigenvalue weighted by Gasteiger charge is -2.36. The molecule has 0 aliphatic carbocycles. The van der Waals surface area contributed by atoms with Crippen LogP contribution in [0.1, 0.15) is 40.5 Å². The molecule has 1 N–H and O–H groups in total. The van der Waals surface area contributed by atoms with Crippen molar-refractivity contribution in [1.29, 1.82) is 0 Å². The summed E-state index contributed by atoms with van der Waals surface area (Å²) in [7, 11) is 0. The molecule has 1 saturated heterocycles. The standard InChI is InChI=1S/C25H25F2N3O/c26-21-8-5-7-19(16-21)25(31)29-24(23-10-3-4-13-28-23)18-11-14-30(15-12-18)17-20-6-1-2-9-22(20)27/h1-10,13,16,18,24H,11-12,14-15,17H2,(H,29,31)/t24-/m1/s1. The zero-order valence-electron chi connectivity index (χ0n) is 17.2. The van der Waals surface area contributed by atoms with Crippen molar-refractivity contribution in [3.63, 3.8) is 0 Å². The van der Waals surface area contributed by atoms with Gasteiger partial charge in [0.15, 0.2) is 0 Å². The number of carbonyl (C=O) groups is 1. The smallest absolute Gasteiger partial charge is 0.251 e. The van der Waals surface area contributed by atoms with Crippen LogP contribution in [0, 0.1) is 17.6 Å². The van der Waals surface area contributed by atoms with Gasteiger partial charge in [-0.3, -0.25) is 14.7 Å². The second-order valence-electron chi connectivity index (χ2n) is 7.92. The molecule has 1 atom stereocenters. The van der Waals surface area contributed by atoms with Crippen LogP contribution in [0.5, 0.6) is 0 Å². The number of rotatable bonds is 6. The van der Waals surface area contributed by atoms with Gasteiger partial charge in [0.1, 0.15) is 11.6 Å². The maximum Gasteiger partial charge on any atom is 0.251 e. The topological polar surface area (TPSA) is 45.2 Å². The molecule has 1 fully saturated rings. The maximum absolute atomic E-state index is 14.0. The second-order valence-corrected chi connectivity index (χ2v) is 7.92. The third kappa shape index (κ3) is 5.33. The van der Waals surface area contributed by atoms with Gasteiger partial charge in [-0.15, -0.1) is 0 Å². The van der Waals surface area contributed by atoms with Gasteiger partial charge in [-0.2, -0.15) is 0 Å². The minimum atomic E-state index is -0.441. The summed E-state index contributed by atoms with van der Waals surface area (Å²) in [5, 5.41) is 3.07. The number of hydrogen-bond acceptors (Lipinski definition) is 3. The van der Waals surface area contributed by atoms with E-state index >= 15 is 0 Å². The zero-order valence-corrected chi connectivity index (χ0v) is 17.2. The summed E-state index contributed by atoms with van der Waals surface area (Å²) in [6.07, 6.45) is 3.40. The number of pyridine rings is 1. The number of nitrogens with one attached hydrogen (secondary N) is 1. The fourth-order valence-corrected chi connectivity index (χ4v) is 4.16. The first-order valence-corrected chi connectivity index (χ1v) is 10.5. The molecule has 0 spiro atoms. The van der Waals surface area contributed by atoms with E-state index in [1.807, 2.05) is 30.3 Å². The Labute approximate surface area is 180 Å². The molecule has 6 heteroatoms. The Morgan fingerprint density at radius 2 is 1.81 bits per heavy atom. The van der Waals surface area contributed by atoms with Crippen molar-refractivity contribution < 1.29 is 13.6 Å². The first kappa shape index (κ1) is 21.1. The van der Waals surface area contributed by atoms with E-state index in [2.05, 4.69) is 15.2 Å². The summed E-state index contributed by atoms with van der Waals surface area (Å²) in [5.74, 6) is -0.755. The van der Waals surface area contributed by atoms with E-state index in [9.17, 15) is 13.6 Å². The number of hydrogen-bond donors (Lipinski definition) is 1. The number of likely N-dealkylation sites (tertiary alicyclic amines) is 1. The first-order chi connectivity index (χ1) is 15.1. The quantitative estimate of drug-likeness (QED) is 0.625. The van der Waals surface area contributed by atoms with Crippen LogP contribution in [0.15, 0.2) is 72.9 Å². The van der Waals surface area contributed by atoms with Crippen LogP contribution in [0.4, 0.5) is 8.78 Å². The van der Waals surface area contributed by atoms with Crippen LogP contribution in [0.3, 0.4) is 0 Å². The number of halogens is 2. The summed E-state index contributed by atoms with van der Waals surface area (Å²) in [4.78, 5) is 19.5. The van der Waals surface area contributed by atoms with Crippen molar-refractivity contribution in [3.05, 3.63) is 101 Å². The van der Waals surface area contributed by atoms with Gasteiger partial charge in [0, 0.05) is 23.9 Å². The van der Waals surface area contributed by atoms with Crippen molar-refractivity contribution in [1.82, 2.24) is 15.2 Å².